The molecule has 1 aromatic carbocycles. The summed E-state index contributed by atoms with van der Waals surface area (Å²) >= 11 is 12.9. The van der Waals surface area contributed by atoms with Gasteiger partial charge >= 0.3 is 0 Å². The van der Waals surface area contributed by atoms with E-state index in [4.69, 9.17) is 11.6 Å². The van der Waals surface area contributed by atoms with Crippen molar-refractivity contribution in [3.05, 3.63) is 78.0 Å². The van der Waals surface area contributed by atoms with Gasteiger partial charge in [0, 0.05) is 20.8 Å². The van der Waals surface area contributed by atoms with Crippen molar-refractivity contribution in [2.24, 2.45) is 0 Å². The van der Waals surface area contributed by atoms with E-state index < -0.39 is 0 Å². The summed E-state index contributed by atoms with van der Waals surface area (Å²) in [5.74, 6) is 0. The van der Waals surface area contributed by atoms with Crippen molar-refractivity contribution in [2.75, 3.05) is 0 Å². The molecule has 0 radical (unpaired) electrons. The van der Waals surface area contributed by atoms with Crippen LogP contribution in [0.4, 0.5) is 0 Å². The molecule has 0 aliphatic rings. The van der Waals surface area contributed by atoms with E-state index in [0.717, 1.165) is 15.4 Å². The van der Waals surface area contributed by atoms with Crippen molar-refractivity contribution in [2.45, 2.75) is 12.6 Å². The zero-order valence-corrected chi connectivity index (χ0v) is 15.0. The van der Waals surface area contributed by atoms with Crippen molar-refractivity contribution in [3.63, 3.8) is 0 Å². The summed E-state index contributed by atoms with van der Waals surface area (Å²) in [7, 11) is 0. The highest BCUT2D eigenvalue weighted by Gasteiger charge is 2.15. The van der Waals surface area contributed by atoms with E-state index in [1.807, 2.05) is 6.07 Å². The Kier molecular flexibility index (Phi) is 5.14. The topological polar surface area (TPSA) is 12.0 Å². The molecule has 2 heterocycles. The molecule has 1 atom stereocenters. The second-order valence-electron chi connectivity index (χ2n) is 4.57. The summed E-state index contributed by atoms with van der Waals surface area (Å²) in [6, 6.07) is 17.1. The van der Waals surface area contributed by atoms with Crippen molar-refractivity contribution in [1.82, 2.24) is 5.32 Å². The van der Waals surface area contributed by atoms with Gasteiger partial charge < -0.3 is 5.32 Å². The third-order valence-electron chi connectivity index (χ3n) is 3.14. The molecule has 0 spiro atoms. The molecule has 21 heavy (non-hydrogen) atoms. The average molecular weight is 399 g/mol. The van der Waals surface area contributed by atoms with Gasteiger partial charge in [-0.3, -0.25) is 0 Å². The number of nitrogens with one attached hydrogen (secondary N) is 1. The Morgan fingerprint density at radius 1 is 1.14 bits per heavy atom. The minimum absolute atomic E-state index is 0.214. The smallest absolute Gasteiger partial charge is 0.107 e. The van der Waals surface area contributed by atoms with Crippen LogP contribution in [0, 0.1) is 0 Å². The zero-order valence-electron chi connectivity index (χ0n) is 11.1. The zero-order chi connectivity index (χ0) is 14.7. The van der Waals surface area contributed by atoms with Crippen LogP contribution in [-0.2, 0) is 6.54 Å². The fraction of sp³-hybridized carbons (Fsp3) is 0.125. The van der Waals surface area contributed by atoms with Crippen molar-refractivity contribution in [1.29, 1.82) is 0 Å². The maximum Gasteiger partial charge on any atom is 0.107 e. The van der Waals surface area contributed by atoms with Crippen molar-refractivity contribution < 1.29 is 0 Å². The Balaban J connectivity index is 1.80. The van der Waals surface area contributed by atoms with Crippen LogP contribution in [0.2, 0.25) is 4.34 Å². The highest BCUT2D eigenvalue weighted by molar-refractivity contribution is 9.10. The lowest BCUT2D eigenvalue weighted by molar-refractivity contribution is 0.618. The average Bonchev–Trinajstić information content (AvgIpc) is 3.12. The quantitative estimate of drug-likeness (QED) is 0.547. The SMILES string of the molecule is Clc1sc(CNC(c2ccccc2)c2cccs2)cc1Br. The van der Waals surface area contributed by atoms with E-state index in [9.17, 15) is 0 Å². The summed E-state index contributed by atoms with van der Waals surface area (Å²) < 4.78 is 1.78. The van der Waals surface area contributed by atoms with Gasteiger partial charge in [0.15, 0.2) is 0 Å². The van der Waals surface area contributed by atoms with Crippen LogP contribution in [0.15, 0.2) is 58.4 Å². The largest absolute Gasteiger partial charge is 0.301 e. The molecule has 0 amide bonds. The molecule has 108 valence electrons. The molecule has 3 aromatic rings. The standard InChI is InChI=1S/C16H13BrClNS2/c17-13-9-12(21-16(13)18)10-19-15(14-7-4-8-20-14)11-5-2-1-3-6-11/h1-9,15,19H,10H2. The molecule has 0 aliphatic heterocycles. The Morgan fingerprint density at radius 2 is 1.95 bits per heavy atom. The minimum Gasteiger partial charge on any atom is -0.301 e. The molecule has 1 nitrogen and oxygen atoms in total. The van der Waals surface area contributed by atoms with Crippen molar-refractivity contribution in [3.8, 4) is 0 Å². The van der Waals surface area contributed by atoms with E-state index in [1.165, 1.54) is 15.3 Å². The lowest BCUT2D eigenvalue weighted by Crippen LogP contribution is -2.20. The van der Waals surface area contributed by atoms with Gasteiger partial charge in [-0.2, -0.15) is 0 Å². The molecule has 0 bridgehead atoms. The lowest BCUT2D eigenvalue weighted by atomic mass is 10.1. The first-order chi connectivity index (χ1) is 10.2. The van der Waals surface area contributed by atoms with Crippen LogP contribution in [-0.4, -0.2) is 0 Å². The van der Waals surface area contributed by atoms with Gasteiger partial charge in [-0.25, -0.2) is 0 Å². The van der Waals surface area contributed by atoms with Gasteiger partial charge in [-0.1, -0.05) is 48.0 Å². The molecule has 0 aliphatic carbocycles. The maximum absolute atomic E-state index is 6.11. The van der Waals surface area contributed by atoms with Crippen molar-refractivity contribution >= 4 is 50.2 Å². The summed E-state index contributed by atoms with van der Waals surface area (Å²) in [5.41, 5.74) is 1.28. The van der Waals surface area contributed by atoms with E-state index in [-0.39, 0.29) is 6.04 Å². The third-order valence-corrected chi connectivity index (χ3v) is 6.55. The van der Waals surface area contributed by atoms with Crippen LogP contribution in [0.3, 0.4) is 0 Å². The fourth-order valence-corrected chi connectivity index (χ4v) is 4.73. The first kappa shape index (κ1) is 15.3. The highest BCUT2D eigenvalue weighted by atomic mass is 79.9. The number of benzene rings is 1. The molecular weight excluding hydrogens is 386 g/mol. The normalized spacial score (nSPS) is 12.5. The van der Waals surface area contributed by atoms with E-state index >= 15 is 0 Å². The predicted octanol–water partition coefficient (Wildman–Crippen LogP) is 6.10. The second kappa shape index (κ2) is 7.07. The van der Waals surface area contributed by atoms with Gasteiger partial charge in [0.25, 0.3) is 0 Å². The summed E-state index contributed by atoms with van der Waals surface area (Å²) in [5, 5.41) is 5.75. The van der Waals surface area contributed by atoms with Crippen LogP contribution in [0.5, 0.6) is 0 Å². The van der Waals surface area contributed by atoms with E-state index in [1.54, 1.807) is 22.7 Å². The molecule has 1 unspecified atom stereocenters. The molecule has 0 saturated heterocycles. The Morgan fingerprint density at radius 3 is 2.57 bits per heavy atom. The molecule has 2 aromatic heterocycles. The van der Waals surface area contributed by atoms with Crippen LogP contribution in [0.25, 0.3) is 0 Å². The van der Waals surface area contributed by atoms with Crippen LogP contribution in [0.1, 0.15) is 21.4 Å². The monoisotopic (exact) mass is 397 g/mol. The molecule has 5 heteroatoms. The first-order valence-corrected chi connectivity index (χ1v) is 9.36. The molecule has 0 fully saturated rings. The van der Waals surface area contributed by atoms with Gasteiger partial charge in [0.2, 0.25) is 0 Å². The molecule has 3 rings (SSSR count). The number of hydrogen-bond donors (Lipinski definition) is 1. The lowest BCUT2D eigenvalue weighted by Gasteiger charge is -2.17. The number of rotatable bonds is 5. The Bertz CT molecular complexity index is 675. The van der Waals surface area contributed by atoms with Gasteiger partial charge in [0.1, 0.15) is 4.34 Å². The van der Waals surface area contributed by atoms with E-state index in [2.05, 4.69) is 69.1 Å². The van der Waals surface area contributed by atoms with Crippen LogP contribution < -0.4 is 5.32 Å². The first-order valence-electron chi connectivity index (χ1n) is 6.49. The number of hydrogen-bond acceptors (Lipinski definition) is 3. The van der Waals surface area contributed by atoms with Gasteiger partial charge in [0.05, 0.1) is 6.04 Å². The van der Waals surface area contributed by atoms with Crippen LogP contribution >= 0.6 is 50.2 Å². The predicted molar refractivity (Wildman–Crippen MR) is 96.5 cm³/mol. The Labute approximate surface area is 145 Å². The maximum atomic E-state index is 6.11. The Hall–Kier alpha value is -0.650. The minimum atomic E-state index is 0.214. The van der Waals surface area contributed by atoms with Gasteiger partial charge in [-0.05, 0) is 39.0 Å². The third kappa shape index (κ3) is 3.76. The molecular formula is C16H13BrClNS2. The van der Waals surface area contributed by atoms with Gasteiger partial charge in [-0.15, -0.1) is 22.7 Å². The summed E-state index contributed by atoms with van der Waals surface area (Å²) in [4.78, 5) is 2.55. The fourth-order valence-electron chi connectivity index (χ4n) is 2.16. The summed E-state index contributed by atoms with van der Waals surface area (Å²) in [6.07, 6.45) is 0. The highest BCUT2D eigenvalue weighted by Crippen LogP contribution is 2.33. The molecule has 0 saturated carbocycles. The number of thiophene rings is 2. The van der Waals surface area contributed by atoms with E-state index in [0.29, 0.717) is 0 Å². The second-order valence-corrected chi connectivity index (χ2v) is 8.15. The number of halogens is 2. The molecule has 1 N–H and O–H groups in total. The summed E-state index contributed by atoms with van der Waals surface area (Å²) in [6.45, 7) is 0.799.